The van der Waals surface area contributed by atoms with Crippen molar-refractivity contribution in [3.63, 3.8) is 0 Å². The maximum atomic E-state index is 12.6. The highest BCUT2D eigenvalue weighted by Crippen LogP contribution is 2.17. The zero-order valence-electron chi connectivity index (χ0n) is 12.6. The van der Waals surface area contributed by atoms with Gasteiger partial charge in [-0.05, 0) is 31.9 Å². The number of carbonyl (C=O) groups is 1. The fourth-order valence-electron chi connectivity index (χ4n) is 2.75. The predicted molar refractivity (Wildman–Crippen MR) is 88.7 cm³/mol. The van der Waals surface area contributed by atoms with Gasteiger partial charge in [-0.1, -0.05) is 18.2 Å². The third kappa shape index (κ3) is 3.31. The minimum absolute atomic E-state index is 0. The van der Waals surface area contributed by atoms with Crippen LogP contribution in [0.5, 0.6) is 0 Å². The van der Waals surface area contributed by atoms with Gasteiger partial charge in [-0.25, -0.2) is 4.68 Å². The first-order valence-electron chi connectivity index (χ1n) is 7.31. The van der Waals surface area contributed by atoms with Gasteiger partial charge in [0, 0.05) is 25.3 Å². The van der Waals surface area contributed by atoms with Gasteiger partial charge in [-0.3, -0.25) is 4.79 Å². The SMILES string of the molecule is Cc1nn(-c2ccccc2)cc1C(=O)N1CCCC(N)C1.Cl. The van der Waals surface area contributed by atoms with Crippen molar-refractivity contribution in [2.24, 2.45) is 5.73 Å². The van der Waals surface area contributed by atoms with E-state index in [0.717, 1.165) is 30.8 Å². The standard InChI is InChI=1S/C16H20N4O.ClH/c1-12-15(16(21)19-9-5-6-13(17)10-19)11-20(18-12)14-7-3-2-4-8-14;/h2-4,7-8,11,13H,5-6,9-10,17H2,1H3;1H. The van der Waals surface area contributed by atoms with E-state index in [2.05, 4.69) is 5.10 Å². The number of benzene rings is 1. The number of halogens is 1. The Labute approximate surface area is 136 Å². The van der Waals surface area contributed by atoms with Crippen molar-refractivity contribution in [1.82, 2.24) is 14.7 Å². The van der Waals surface area contributed by atoms with Crippen molar-refractivity contribution in [2.45, 2.75) is 25.8 Å². The lowest BCUT2D eigenvalue weighted by atomic mass is 10.1. The number of para-hydroxylation sites is 1. The van der Waals surface area contributed by atoms with Gasteiger partial charge in [-0.15, -0.1) is 12.4 Å². The number of carbonyl (C=O) groups excluding carboxylic acids is 1. The minimum atomic E-state index is 0. The van der Waals surface area contributed by atoms with E-state index in [-0.39, 0.29) is 24.4 Å². The molecule has 1 amide bonds. The molecular formula is C16H21ClN4O. The van der Waals surface area contributed by atoms with Crippen LogP contribution in [-0.2, 0) is 0 Å². The monoisotopic (exact) mass is 320 g/mol. The quantitative estimate of drug-likeness (QED) is 0.922. The number of nitrogens with two attached hydrogens (primary N) is 1. The van der Waals surface area contributed by atoms with E-state index in [9.17, 15) is 4.79 Å². The normalized spacial score (nSPS) is 17.9. The summed E-state index contributed by atoms with van der Waals surface area (Å²) in [6, 6.07) is 9.90. The number of hydrogen-bond donors (Lipinski definition) is 1. The molecule has 0 bridgehead atoms. The first-order chi connectivity index (χ1) is 10.1. The number of likely N-dealkylation sites (tertiary alicyclic amines) is 1. The van der Waals surface area contributed by atoms with Crippen LogP contribution in [0.4, 0.5) is 0 Å². The van der Waals surface area contributed by atoms with E-state index >= 15 is 0 Å². The van der Waals surface area contributed by atoms with Gasteiger partial charge in [0.05, 0.1) is 16.9 Å². The number of aryl methyl sites for hydroxylation is 1. The highest BCUT2D eigenvalue weighted by atomic mass is 35.5. The van der Waals surface area contributed by atoms with Gasteiger partial charge in [0.2, 0.25) is 0 Å². The number of nitrogens with zero attached hydrogens (tertiary/aromatic N) is 3. The second kappa shape index (κ2) is 6.94. The maximum absolute atomic E-state index is 12.6. The molecule has 1 aliphatic rings. The summed E-state index contributed by atoms with van der Waals surface area (Å²) in [6.45, 7) is 3.29. The molecule has 1 aliphatic heterocycles. The number of aromatic nitrogens is 2. The van der Waals surface area contributed by atoms with E-state index < -0.39 is 0 Å². The van der Waals surface area contributed by atoms with Crippen molar-refractivity contribution in [2.75, 3.05) is 13.1 Å². The zero-order chi connectivity index (χ0) is 14.8. The molecule has 0 aliphatic carbocycles. The van der Waals surface area contributed by atoms with E-state index in [1.54, 1.807) is 4.68 Å². The maximum Gasteiger partial charge on any atom is 0.257 e. The molecule has 2 aromatic rings. The molecule has 2 N–H and O–H groups in total. The highest BCUT2D eigenvalue weighted by Gasteiger charge is 2.25. The Hall–Kier alpha value is -1.85. The fraction of sp³-hybridized carbons (Fsp3) is 0.375. The Kier molecular flexibility index (Phi) is 5.21. The van der Waals surface area contributed by atoms with Crippen LogP contribution in [-0.4, -0.2) is 39.7 Å². The van der Waals surface area contributed by atoms with Gasteiger partial charge >= 0.3 is 0 Å². The lowest BCUT2D eigenvalue weighted by Crippen LogP contribution is -2.45. The molecule has 1 aromatic carbocycles. The lowest BCUT2D eigenvalue weighted by Gasteiger charge is -2.30. The summed E-state index contributed by atoms with van der Waals surface area (Å²) in [5, 5.41) is 4.45. The molecule has 6 heteroatoms. The summed E-state index contributed by atoms with van der Waals surface area (Å²) in [5.74, 6) is 0.0323. The van der Waals surface area contributed by atoms with E-state index in [1.807, 2.05) is 48.4 Å². The van der Waals surface area contributed by atoms with Crippen LogP contribution in [0.3, 0.4) is 0 Å². The van der Waals surface area contributed by atoms with Crippen molar-refractivity contribution in [3.05, 3.63) is 47.8 Å². The lowest BCUT2D eigenvalue weighted by molar-refractivity contribution is 0.0708. The molecule has 1 atom stereocenters. The molecule has 5 nitrogen and oxygen atoms in total. The number of piperidine rings is 1. The largest absolute Gasteiger partial charge is 0.337 e. The molecule has 22 heavy (non-hydrogen) atoms. The first-order valence-corrected chi connectivity index (χ1v) is 7.31. The van der Waals surface area contributed by atoms with Crippen molar-refractivity contribution >= 4 is 18.3 Å². The Morgan fingerprint density at radius 1 is 1.32 bits per heavy atom. The van der Waals surface area contributed by atoms with Crippen molar-refractivity contribution in [3.8, 4) is 5.69 Å². The van der Waals surface area contributed by atoms with Crippen LogP contribution in [0, 0.1) is 6.92 Å². The third-order valence-electron chi connectivity index (χ3n) is 3.90. The Balaban J connectivity index is 0.00000176. The molecule has 1 saturated heterocycles. The molecule has 0 radical (unpaired) electrons. The van der Waals surface area contributed by atoms with Crippen LogP contribution in [0.2, 0.25) is 0 Å². The van der Waals surface area contributed by atoms with Crippen LogP contribution in [0.1, 0.15) is 28.9 Å². The molecule has 0 saturated carbocycles. The fourth-order valence-corrected chi connectivity index (χ4v) is 2.75. The molecule has 0 spiro atoms. The Morgan fingerprint density at radius 3 is 2.73 bits per heavy atom. The number of hydrogen-bond acceptors (Lipinski definition) is 3. The van der Waals surface area contributed by atoms with Crippen molar-refractivity contribution in [1.29, 1.82) is 0 Å². The first kappa shape index (κ1) is 16.5. The summed E-state index contributed by atoms with van der Waals surface area (Å²) >= 11 is 0. The molecule has 1 unspecified atom stereocenters. The van der Waals surface area contributed by atoms with Gasteiger partial charge in [0.1, 0.15) is 0 Å². The summed E-state index contributed by atoms with van der Waals surface area (Å²) in [5.41, 5.74) is 8.33. The average Bonchev–Trinajstić information content (AvgIpc) is 2.89. The van der Waals surface area contributed by atoms with Crippen LogP contribution < -0.4 is 5.73 Å². The molecular weight excluding hydrogens is 300 g/mol. The summed E-state index contributed by atoms with van der Waals surface area (Å²) in [6.07, 6.45) is 3.78. The third-order valence-corrected chi connectivity index (χ3v) is 3.90. The van der Waals surface area contributed by atoms with Gasteiger partial charge < -0.3 is 10.6 Å². The highest BCUT2D eigenvalue weighted by molar-refractivity contribution is 5.95. The van der Waals surface area contributed by atoms with Crippen LogP contribution in [0.15, 0.2) is 36.5 Å². The zero-order valence-corrected chi connectivity index (χ0v) is 13.4. The summed E-state index contributed by atoms with van der Waals surface area (Å²) < 4.78 is 1.76. The second-order valence-corrected chi connectivity index (χ2v) is 5.56. The average molecular weight is 321 g/mol. The minimum Gasteiger partial charge on any atom is -0.337 e. The van der Waals surface area contributed by atoms with Gasteiger partial charge in [-0.2, -0.15) is 5.10 Å². The topological polar surface area (TPSA) is 64.2 Å². The predicted octanol–water partition coefficient (Wildman–Crippen LogP) is 2.17. The van der Waals surface area contributed by atoms with Crippen molar-refractivity contribution < 1.29 is 4.79 Å². The molecule has 1 aromatic heterocycles. The van der Waals surface area contributed by atoms with E-state index in [4.69, 9.17) is 5.73 Å². The molecule has 3 rings (SSSR count). The van der Waals surface area contributed by atoms with Gasteiger partial charge in [0.25, 0.3) is 5.91 Å². The number of rotatable bonds is 2. The van der Waals surface area contributed by atoms with E-state index in [0.29, 0.717) is 12.1 Å². The second-order valence-electron chi connectivity index (χ2n) is 5.56. The van der Waals surface area contributed by atoms with Crippen LogP contribution in [0.25, 0.3) is 5.69 Å². The van der Waals surface area contributed by atoms with E-state index in [1.165, 1.54) is 0 Å². The molecule has 1 fully saturated rings. The smallest absolute Gasteiger partial charge is 0.257 e. The Morgan fingerprint density at radius 2 is 2.05 bits per heavy atom. The Bertz CT molecular complexity index is 641. The summed E-state index contributed by atoms with van der Waals surface area (Å²) in [4.78, 5) is 14.5. The molecule has 118 valence electrons. The summed E-state index contributed by atoms with van der Waals surface area (Å²) in [7, 11) is 0. The van der Waals surface area contributed by atoms with Crippen LogP contribution >= 0.6 is 12.4 Å². The number of amides is 1. The van der Waals surface area contributed by atoms with Gasteiger partial charge in [0.15, 0.2) is 0 Å². The molecule has 2 heterocycles.